The summed E-state index contributed by atoms with van der Waals surface area (Å²) in [5.74, 6) is -0.403. The Labute approximate surface area is 386 Å². The molecule has 3 aromatic rings. The van der Waals surface area contributed by atoms with E-state index in [-0.39, 0.29) is 65.0 Å². The summed E-state index contributed by atoms with van der Waals surface area (Å²) < 4.78 is 6.49. The van der Waals surface area contributed by atoms with E-state index in [0.717, 1.165) is 61.2 Å². The van der Waals surface area contributed by atoms with Gasteiger partial charge in [-0.3, -0.25) is 24.1 Å². The number of benzene rings is 1. The van der Waals surface area contributed by atoms with E-state index >= 15 is 0 Å². The molecular weight excluding hydrogens is 855 g/mol. The van der Waals surface area contributed by atoms with E-state index in [9.17, 15) is 24.3 Å². The number of carbonyl (C=O) groups is 4. The van der Waals surface area contributed by atoms with Gasteiger partial charge in [0, 0.05) is 55.5 Å². The second-order valence-corrected chi connectivity index (χ2v) is 20.6. The molecule has 13 nitrogen and oxygen atoms in total. The molecular formula is C47H69N7O6S3. The topological polar surface area (TPSA) is 166 Å². The van der Waals surface area contributed by atoms with Gasteiger partial charge in [0.15, 0.2) is 0 Å². The minimum Gasteiger partial charge on any atom is -0.508 e. The van der Waals surface area contributed by atoms with E-state index in [1.54, 1.807) is 45.3 Å². The minimum absolute atomic E-state index is 0.0597. The van der Waals surface area contributed by atoms with Gasteiger partial charge in [0.2, 0.25) is 17.7 Å². The summed E-state index contributed by atoms with van der Waals surface area (Å²) in [6.45, 7) is 14.8. The molecule has 1 aromatic carbocycles. The summed E-state index contributed by atoms with van der Waals surface area (Å²) >= 11 is 1.37. The zero-order valence-corrected chi connectivity index (χ0v) is 40.6. The number of nitrogens with zero attached hydrogens (tertiary/aromatic N) is 4. The molecule has 0 spiro atoms. The molecule has 63 heavy (non-hydrogen) atoms. The lowest BCUT2D eigenvalue weighted by molar-refractivity contribution is -0.143. The van der Waals surface area contributed by atoms with Crippen LogP contribution in [0.5, 0.6) is 5.75 Å². The summed E-state index contributed by atoms with van der Waals surface area (Å²) in [5, 5.41) is 23.1. The Balaban J connectivity index is 1.28. The number of phenols is 1. The van der Waals surface area contributed by atoms with Gasteiger partial charge < -0.3 is 30.7 Å². The Morgan fingerprint density at radius 3 is 2.57 bits per heavy atom. The SMILES string of the molecule is CCCOC(CC(C(C)C)N(CCC)C(=O)C(NC(=O)C1CCCCN1C)C(C)CC)c1nc(C(=O)NC2Cc3ccc(O)cc3C(C(=O)NCCSSc3ccccn3)C2)cs1. The molecule has 346 valence electrons. The number of nitrogens with one attached hydrogen (secondary N) is 3. The van der Waals surface area contributed by atoms with Crippen molar-refractivity contribution >= 4 is 56.6 Å². The number of likely N-dealkylation sites (tertiary alicyclic amines) is 1. The highest BCUT2D eigenvalue weighted by atomic mass is 33.1. The zero-order chi connectivity index (χ0) is 45.5. The number of hydrogen-bond acceptors (Lipinski definition) is 12. The van der Waals surface area contributed by atoms with Crippen molar-refractivity contribution in [3.63, 3.8) is 0 Å². The summed E-state index contributed by atoms with van der Waals surface area (Å²) in [6, 6.07) is 9.40. The quantitative estimate of drug-likeness (QED) is 0.0543. The van der Waals surface area contributed by atoms with Gasteiger partial charge in [0.05, 0.1) is 12.0 Å². The second kappa shape index (κ2) is 25.1. The summed E-state index contributed by atoms with van der Waals surface area (Å²) in [5.41, 5.74) is 1.94. The Hall–Kier alpha value is -3.70. The fraction of sp³-hybridized carbons (Fsp3) is 0.617. The van der Waals surface area contributed by atoms with Gasteiger partial charge in [-0.05, 0) is 110 Å². The molecule has 16 heteroatoms. The van der Waals surface area contributed by atoms with E-state index in [0.29, 0.717) is 49.7 Å². The van der Waals surface area contributed by atoms with Crippen LogP contribution in [0.15, 0.2) is 53.0 Å². The lowest BCUT2D eigenvalue weighted by atomic mass is 9.79. The molecule has 4 amide bonds. The number of amides is 4. The van der Waals surface area contributed by atoms with Gasteiger partial charge in [-0.1, -0.05) is 77.3 Å². The van der Waals surface area contributed by atoms with Crippen LogP contribution in [-0.4, -0.2) is 112 Å². The standard InChI is InChI=1S/C47H69N7O6S3/c1-8-21-54(47(59)42(31(6)10-3)52-45(58)38-15-12-14-22-53(38)7)39(30(4)5)28-40(60-23-9-2)46-51-37(29-61-46)44(57)50-33-25-32-17-18-34(55)27-35(32)36(26-33)43(56)49-20-24-62-63-41-16-11-13-19-48-41/h11,13,16-19,27,29-31,33,36,38-40,42,55H,8-10,12,14-15,20-26,28H2,1-7H3,(H,49,56)(H,50,57)(H,52,58). The molecule has 4 N–H and O–H groups in total. The van der Waals surface area contributed by atoms with Crippen LogP contribution in [0.2, 0.25) is 0 Å². The van der Waals surface area contributed by atoms with Crippen LogP contribution in [0.3, 0.4) is 0 Å². The normalized spacial score (nSPS) is 19.7. The van der Waals surface area contributed by atoms with E-state index < -0.39 is 18.1 Å². The van der Waals surface area contributed by atoms with Crippen LogP contribution >= 0.6 is 32.9 Å². The molecule has 5 rings (SSSR count). The van der Waals surface area contributed by atoms with Gasteiger partial charge >= 0.3 is 0 Å². The third kappa shape index (κ3) is 14.1. The van der Waals surface area contributed by atoms with Crippen molar-refractivity contribution < 1.29 is 29.0 Å². The summed E-state index contributed by atoms with van der Waals surface area (Å²) in [7, 11) is 5.15. The third-order valence-electron chi connectivity index (χ3n) is 12.2. The van der Waals surface area contributed by atoms with Gasteiger partial charge in [0.25, 0.3) is 5.91 Å². The number of likely N-dealkylation sites (N-methyl/N-ethyl adjacent to an activating group) is 1. The predicted molar refractivity (Wildman–Crippen MR) is 254 cm³/mol. The third-order valence-corrected chi connectivity index (χ3v) is 15.4. The maximum atomic E-state index is 14.7. The average molecular weight is 924 g/mol. The number of aromatic hydroxyl groups is 1. The summed E-state index contributed by atoms with van der Waals surface area (Å²) in [4.78, 5) is 69.2. The Morgan fingerprint density at radius 1 is 1.06 bits per heavy atom. The molecule has 1 aliphatic carbocycles. The number of carbonyl (C=O) groups excluding carboxylic acids is 4. The molecule has 2 aliphatic rings. The highest BCUT2D eigenvalue weighted by Gasteiger charge is 2.39. The molecule has 3 heterocycles. The number of fused-ring (bicyclic) bond motifs is 1. The smallest absolute Gasteiger partial charge is 0.270 e. The number of piperidine rings is 1. The molecule has 2 aromatic heterocycles. The number of aromatic nitrogens is 2. The number of rotatable bonds is 23. The van der Waals surface area contributed by atoms with Crippen LogP contribution in [0.1, 0.15) is 132 Å². The van der Waals surface area contributed by atoms with Gasteiger partial charge in [-0.2, -0.15) is 0 Å². The van der Waals surface area contributed by atoms with E-state index in [2.05, 4.69) is 53.5 Å². The highest BCUT2D eigenvalue weighted by molar-refractivity contribution is 8.76. The van der Waals surface area contributed by atoms with E-state index in [1.807, 2.05) is 50.1 Å². The molecule has 1 fully saturated rings. The first-order valence-corrected chi connectivity index (χ1v) is 26.0. The number of pyridine rings is 1. The second-order valence-electron chi connectivity index (χ2n) is 17.3. The molecule has 1 saturated heterocycles. The van der Waals surface area contributed by atoms with Crippen LogP contribution in [0, 0.1) is 11.8 Å². The monoisotopic (exact) mass is 923 g/mol. The lowest BCUT2D eigenvalue weighted by Gasteiger charge is -2.40. The maximum Gasteiger partial charge on any atom is 0.270 e. The van der Waals surface area contributed by atoms with Crippen LogP contribution in [0.25, 0.3) is 0 Å². The number of phenolic OH excluding ortho intramolecular Hbond substituents is 1. The molecule has 1 aliphatic heterocycles. The predicted octanol–water partition coefficient (Wildman–Crippen LogP) is 7.77. The van der Waals surface area contributed by atoms with Crippen LogP contribution in [0.4, 0.5) is 0 Å². The Morgan fingerprint density at radius 2 is 1.87 bits per heavy atom. The van der Waals surface area contributed by atoms with E-state index in [1.165, 1.54) is 11.3 Å². The van der Waals surface area contributed by atoms with Gasteiger partial charge in [0.1, 0.15) is 33.6 Å². The van der Waals surface area contributed by atoms with Crippen molar-refractivity contribution in [3.8, 4) is 5.75 Å². The molecule has 0 saturated carbocycles. The molecule has 7 atom stereocenters. The first-order valence-electron chi connectivity index (χ1n) is 22.8. The van der Waals surface area contributed by atoms with Gasteiger partial charge in [-0.25, -0.2) is 9.97 Å². The van der Waals surface area contributed by atoms with Crippen molar-refractivity contribution in [1.82, 2.24) is 35.7 Å². The Bertz CT molecular complexity index is 1940. The molecule has 0 radical (unpaired) electrons. The first kappa shape index (κ1) is 50.3. The van der Waals surface area contributed by atoms with Crippen molar-refractivity contribution in [3.05, 3.63) is 69.8 Å². The summed E-state index contributed by atoms with van der Waals surface area (Å²) in [6.07, 6.45) is 7.78. The average Bonchev–Trinajstić information content (AvgIpc) is 3.78. The number of ether oxygens (including phenoxy) is 1. The maximum absolute atomic E-state index is 14.7. The number of thiazole rings is 1. The van der Waals surface area contributed by atoms with Crippen molar-refractivity contribution in [1.29, 1.82) is 0 Å². The van der Waals surface area contributed by atoms with E-state index in [4.69, 9.17) is 9.72 Å². The minimum atomic E-state index is -0.653. The Kier molecular flexibility index (Phi) is 20.1. The van der Waals surface area contributed by atoms with Crippen molar-refractivity contribution in [2.24, 2.45) is 11.8 Å². The van der Waals surface area contributed by atoms with Gasteiger partial charge in [-0.15, -0.1) is 11.3 Å². The first-order chi connectivity index (χ1) is 30.3. The lowest BCUT2D eigenvalue weighted by Crippen LogP contribution is -2.58. The van der Waals surface area contributed by atoms with Crippen LogP contribution in [-0.2, 0) is 25.5 Å². The van der Waals surface area contributed by atoms with Crippen LogP contribution < -0.4 is 16.0 Å². The highest BCUT2D eigenvalue weighted by Crippen LogP contribution is 2.36. The fourth-order valence-corrected chi connectivity index (χ4v) is 11.2. The largest absolute Gasteiger partial charge is 0.508 e. The van der Waals surface area contributed by atoms with Crippen molar-refractivity contribution in [2.45, 2.75) is 141 Å². The zero-order valence-electron chi connectivity index (χ0n) is 38.1. The molecule has 0 bridgehead atoms. The van der Waals surface area contributed by atoms with Crippen molar-refractivity contribution in [2.75, 3.05) is 39.0 Å². The number of hydrogen-bond donors (Lipinski definition) is 4. The fourth-order valence-electron chi connectivity index (χ4n) is 8.52. The molecule has 7 unspecified atom stereocenters.